The zero-order chi connectivity index (χ0) is 18.0. The van der Waals surface area contributed by atoms with Crippen LogP contribution in [0.4, 0.5) is 4.39 Å². The molecule has 0 radical (unpaired) electrons. The van der Waals surface area contributed by atoms with Crippen molar-refractivity contribution >= 4 is 33.2 Å². The molecule has 3 rings (SSSR count). The van der Waals surface area contributed by atoms with Gasteiger partial charge in [0.2, 0.25) is 10.0 Å². The molecule has 4 nitrogen and oxygen atoms in total. The minimum Gasteiger partial charge on any atom is -0.329 e. The highest BCUT2D eigenvalue weighted by Crippen LogP contribution is 2.27. The smallest absolute Gasteiger partial charge is 0.245 e. The lowest BCUT2D eigenvalue weighted by Gasteiger charge is -2.31. The Morgan fingerprint density at radius 2 is 1.80 bits per heavy atom. The van der Waals surface area contributed by atoms with E-state index < -0.39 is 10.0 Å². The van der Waals surface area contributed by atoms with E-state index in [-0.39, 0.29) is 15.7 Å². The molecular weight excluding hydrogens is 386 g/mol. The van der Waals surface area contributed by atoms with Crippen LogP contribution in [0.25, 0.3) is 0 Å². The number of nitrogens with zero attached hydrogens (tertiary/aromatic N) is 1. The molecule has 25 heavy (non-hydrogen) atoms. The number of quaternary nitrogens is 1. The van der Waals surface area contributed by atoms with Crippen LogP contribution in [-0.2, 0) is 16.6 Å². The summed E-state index contributed by atoms with van der Waals surface area (Å²) >= 11 is 12.0. The highest BCUT2D eigenvalue weighted by molar-refractivity contribution is 7.89. The fourth-order valence-corrected chi connectivity index (χ4v) is 5.15. The summed E-state index contributed by atoms with van der Waals surface area (Å²) < 4.78 is 40.3. The standard InChI is InChI=1S/C17H17Cl2FN2O2S/c18-14-4-5-16(19)17(11-14)25(23,24)22-8-6-21(7-9-22)12-13-2-1-3-15(20)10-13/h1-5,10-11H,6-9,12H2/p+1. The summed E-state index contributed by atoms with van der Waals surface area (Å²) in [6, 6.07) is 10.9. The van der Waals surface area contributed by atoms with E-state index in [1.165, 1.54) is 33.5 Å². The maximum absolute atomic E-state index is 13.3. The van der Waals surface area contributed by atoms with Crippen molar-refractivity contribution in [3.05, 3.63) is 63.9 Å². The van der Waals surface area contributed by atoms with Gasteiger partial charge >= 0.3 is 0 Å². The van der Waals surface area contributed by atoms with Gasteiger partial charge in [0, 0.05) is 10.6 Å². The molecule has 1 heterocycles. The first-order valence-electron chi connectivity index (χ1n) is 7.89. The van der Waals surface area contributed by atoms with Crippen molar-refractivity contribution in [3.8, 4) is 0 Å². The van der Waals surface area contributed by atoms with Crippen LogP contribution < -0.4 is 4.90 Å². The van der Waals surface area contributed by atoms with E-state index in [1.807, 2.05) is 6.07 Å². The molecule has 0 amide bonds. The largest absolute Gasteiger partial charge is 0.329 e. The van der Waals surface area contributed by atoms with Crippen LogP contribution in [0.3, 0.4) is 0 Å². The molecule has 1 fully saturated rings. The molecule has 0 aromatic heterocycles. The average Bonchev–Trinajstić information content (AvgIpc) is 2.57. The molecule has 2 aromatic rings. The van der Waals surface area contributed by atoms with Gasteiger partial charge in [-0.05, 0) is 30.3 Å². The Balaban J connectivity index is 1.68. The minimum atomic E-state index is -3.67. The monoisotopic (exact) mass is 403 g/mol. The molecule has 2 aromatic carbocycles. The van der Waals surface area contributed by atoms with Gasteiger partial charge in [-0.25, -0.2) is 12.8 Å². The number of halogens is 3. The van der Waals surface area contributed by atoms with Crippen molar-refractivity contribution in [2.45, 2.75) is 11.4 Å². The van der Waals surface area contributed by atoms with Gasteiger partial charge in [0.15, 0.2) is 0 Å². The van der Waals surface area contributed by atoms with Gasteiger partial charge in [-0.3, -0.25) is 0 Å². The fourth-order valence-electron chi connectivity index (χ4n) is 2.97. The van der Waals surface area contributed by atoms with Crippen LogP contribution in [0.1, 0.15) is 5.56 Å². The number of sulfonamides is 1. The molecule has 0 bridgehead atoms. The molecule has 0 unspecified atom stereocenters. The summed E-state index contributed by atoms with van der Waals surface area (Å²) in [5.74, 6) is -0.256. The predicted molar refractivity (Wildman–Crippen MR) is 96.0 cm³/mol. The Labute approximate surface area is 156 Å². The zero-order valence-corrected chi connectivity index (χ0v) is 15.7. The van der Waals surface area contributed by atoms with E-state index in [9.17, 15) is 12.8 Å². The van der Waals surface area contributed by atoms with Crippen molar-refractivity contribution in [3.63, 3.8) is 0 Å². The quantitative estimate of drug-likeness (QED) is 0.850. The number of hydrogen-bond donors (Lipinski definition) is 1. The lowest BCUT2D eigenvalue weighted by Crippen LogP contribution is -3.13. The third kappa shape index (κ3) is 4.33. The third-order valence-corrected chi connectivity index (χ3v) is 6.90. The maximum Gasteiger partial charge on any atom is 0.245 e. The van der Waals surface area contributed by atoms with Gasteiger partial charge < -0.3 is 4.90 Å². The molecule has 0 saturated carbocycles. The van der Waals surface area contributed by atoms with Crippen molar-refractivity contribution in [2.75, 3.05) is 26.2 Å². The summed E-state index contributed by atoms with van der Waals surface area (Å²) in [7, 11) is -3.67. The molecule has 1 aliphatic rings. The number of piperazine rings is 1. The molecule has 134 valence electrons. The number of benzene rings is 2. The average molecular weight is 404 g/mol. The SMILES string of the molecule is O=S(=O)(c1cc(Cl)ccc1Cl)N1CC[NH+](Cc2cccc(F)c2)CC1. The zero-order valence-electron chi connectivity index (χ0n) is 13.4. The molecule has 8 heteroatoms. The highest BCUT2D eigenvalue weighted by atomic mass is 35.5. The van der Waals surface area contributed by atoms with Gasteiger partial charge in [0.05, 0.1) is 31.2 Å². The van der Waals surface area contributed by atoms with Gasteiger partial charge in [-0.1, -0.05) is 35.3 Å². The van der Waals surface area contributed by atoms with Crippen LogP contribution in [0.15, 0.2) is 47.4 Å². The molecule has 0 atom stereocenters. The summed E-state index contributed by atoms with van der Waals surface area (Å²) in [4.78, 5) is 1.25. The van der Waals surface area contributed by atoms with Crippen LogP contribution in [0, 0.1) is 5.82 Å². The van der Waals surface area contributed by atoms with Crippen molar-refractivity contribution in [1.29, 1.82) is 0 Å². The first kappa shape index (κ1) is 18.6. The molecule has 0 aliphatic carbocycles. The normalized spacial score (nSPS) is 16.9. The molecule has 0 spiro atoms. The Morgan fingerprint density at radius 1 is 1.08 bits per heavy atom. The topological polar surface area (TPSA) is 41.8 Å². The van der Waals surface area contributed by atoms with E-state index in [2.05, 4.69) is 0 Å². The van der Waals surface area contributed by atoms with E-state index >= 15 is 0 Å². The minimum absolute atomic E-state index is 0.0373. The number of nitrogens with one attached hydrogen (secondary N) is 1. The lowest BCUT2D eigenvalue weighted by atomic mass is 10.2. The molecule has 1 saturated heterocycles. The summed E-state index contributed by atoms with van der Waals surface area (Å²) in [6.07, 6.45) is 0. The van der Waals surface area contributed by atoms with Gasteiger partial charge in [-0.2, -0.15) is 4.31 Å². The van der Waals surface area contributed by atoms with Crippen LogP contribution in [-0.4, -0.2) is 38.9 Å². The fraction of sp³-hybridized carbons (Fsp3) is 0.294. The summed E-state index contributed by atoms with van der Waals surface area (Å²) in [5, 5.41) is 0.497. The van der Waals surface area contributed by atoms with E-state index in [4.69, 9.17) is 23.2 Å². The highest BCUT2D eigenvalue weighted by Gasteiger charge is 2.32. The van der Waals surface area contributed by atoms with E-state index in [0.717, 1.165) is 5.56 Å². The van der Waals surface area contributed by atoms with Crippen LogP contribution in [0.2, 0.25) is 10.0 Å². The molecular formula is C17H18Cl2FN2O2S+. The van der Waals surface area contributed by atoms with Gasteiger partial charge in [0.25, 0.3) is 0 Å². The lowest BCUT2D eigenvalue weighted by molar-refractivity contribution is -0.917. The number of hydrogen-bond acceptors (Lipinski definition) is 2. The first-order chi connectivity index (χ1) is 11.9. The maximum atomic E-state index is 13.3. The second kappa shape index (κ2) is 7.60. The van der Waals surface area contributed by atoms with E-state index in [0.29, 0.717) is 37.7 Å². The second-order valence-corrected chi connectivity index (χ2v) is 8.79. The van der Waals surface area contributed by atoms with Gasteiger partial charge in [0.1, 0.15) is 17.3 Å². The Morgan fingerprint density at radius 3 is 2.48 bits per heavy atom. The molecule has 1 aliphatic heterocycles. The van der Waals surface area contributed by atoms with Crippen LogP contribution >= 0.6 is 23.2 Å². The van der Waals surface area contributed by atoms with Gasteiger partial charge in [-0.15, -0.1) is 0 Å². The first-order valence-corrected chi connectivity index (χ1v) is 10.1. The Kier molecular flexibility index (Phi) is 5.65. The Bertz CT molecular complexity index is 869. The van der Waals surface area contributed by atoms with E-state index in [1.54, 1.807) is 12.1 Å². The van der Waals surface area contributed by atoms with Crippen molar-refractivity contribution < 1.29 is 17.7 Å². The number of rotatable bonds is 4. The second-order valence-electron chi connectivity index (χ2n) is 6.04. The third-order valence-electron chi connectivity index (χ3n) is 4.28. The van der Waals surface area contributed by atoms with Crippen molar-refractivity contribution in [1.82, 2.24) is 4.31 Å². The summed E-state index contributed by atoms with van der Waals surface area (Å²) in [6.45, 7) is 2.73. The predicted octanol–water partition coefficient (Wildman–Crippen LogP) is 2.22. The summed E-state index contributed by atoms with van der Waals surface area (Å²) in [5.41, 5.74) is 0.907. The van der Waals surface area contributed by atoms with Crippen molar-refractivity contribution in [2.24, 2.45) is 0 Å². The Hall–Kier alpha value is -1.18. The van der Waals surface area contributed by atoms with Crippen LogP contribution in [0.5, 0.6) is 0 Å². The molecule has 1 N–H and O–H groups in total.